The molecule has 9 heteroatoms. The van der Waals surface area contributed by atoms with Crippen LogP contribution in [0.4, 0.5) is 13.2 Å². The van der Waals surface area contributed by atoms with E-state index in [1.54, 1.807) is 6.20 Å². The van der Waals surface area contributed by atoms with Gasteiger partial charge in [-0.3, -0.25) is 9.59 Å². The normalized spacial score (nSPS) is 11.9. The fourth-order valence-corrected chi connectivity index (χ4v) is 2.95. The van der Waals surface area contributed by atoms with E-state index in [-0.39, 0.29) is 23.4 Å². The second-order valence-electron chi connectivity index (χ2n) is 6.23. The van der Waals surface area contributed by atoms with Gasteiger partial charge in [0.25, 0.3) is 0 Å². The van der Waals surface area contributed by atoms with Crippen molar-refractivity contribution in [3.8, 4) is 0 Å². The summed E-state index contributed by atoms with van der Waals surface area (Å²) >= 11 is 5.67. The molecular formula is C20H15ClF3N3O2. The molecule has 0 radical (unpaired) electrons. The van der Waals surface area contributed by atoms with Gasteiger partial charge in [0.15, 0.2) is 5.78 Å². The number of hydrazone groups is 1. The first-order valence-corrected chi connectivity index (χ1v) is 8.91. The van der Waals surface area contributed by atoms with E-state index < -0.39 is 23.4 Å². The number of aromatic amines is 1. The Morgan fingerprint density at radius 1 is 1.14 bits per heavy atom. The first-order valence-electron chi connectivity index (χ1n) is 8.53. The minimum absolute atomic E-state index is 0.195. The van der Waals surface area contributed by atoms with Crippen LogP contribution < -0.4 is 5.43 Å². The molecule has 1 aromatic heterocycles. The maximum Gasteiger partial charge on any atom is 0.416 e. The third-order valence-corrected chi connectivity index (χ3v) is 4.36. The van der Waals surface area contributed by atoms with E-state index in [2.05, 4.69) is 15.5 Å². The molecule has 29 heavy (non-hydrogen) atoms. The van der Waals surface area contributed by atoms with Crippen molar-refractivity contribution in [1.29, 1.82) is 0 Å². The average Bonchev–Trinajstić information content (AvgIpc) is 3.08. The van der Waals surface area contributed by atoms with Crippen molar-refractivity contribution in [1.82, 2.24) is 10.4 Å². The van der Waals surface area contributed by atoms with E-state index in [9.17, 15) is 22.8 Å². The van der Waals surface area contributed by atoms with Gasteiger partial charge in [-0.25, -0.2) is 5.43 Å². The van der Waals surface area contributed by atoms with Crippen LogP contribution in [0.15, 0.2) is 53.8 Å². The maximum absolute atomic E-state index is 12.8. The van der Waals surface area contributed by atoms with Gasteiger partial charge in [-0.2, -0.15) is 18.3 Å². The lowest BCUT2D eigenvalue weighted by atomic mass is 10.0. The number of halogens is 4. The molecule has 0 aliphatic carbocycles. The molecule has 1 amide bonds. The first-order chi connectivity index (χ1) is 13.7. The van der Waals surface area contributed by atoms with Gasteiger partial charge in [0.05, 0.1) is 11.8 Å². The highest BCUT2D eigenvalue weighted by Gasteiger charge is 2.31. The van der Waals surface area contributed by atoms with Gasteiger partial charge >= 0.3 is 6.18 Å². The molecule has 1 heterocycles. The van der Waals surface area contributed by atoms with Gasteiger partial charge in [-0.05, 0) is 24.3 Å². The van der Waals surface area contributed by atoms with Crippen molar-refractivity contribution < 1.29 is 22.8 Å². The molecule has 150 valence electrons. The highest BCUT2D eigenvalue weighted by molar-refractivity contribution is 6.31. The predicted octanol–water partition coefficient (Wildman–Crippen LogP) is 4.95. The van der Waals surface area contributed by atoms with E-state index in [1.165, 1.54) is 6.21 Å². The quantitative estimate of drug-likeness (QED) is 0.335. The number of benzene rings is 2. The lowest BCUT2D eigenvalue weighted by Gasteiger charge is -2.09. The summed E-state index contributed by atoms with van der Waals surface area (Å²) in [5.41, 5.74) is 2.79. The zero-order valence-corrected chi connectivity index (χ0v) is 15.6. The molecular weight excluding hydrogens is 407 g/mol. The Labute approximate surface area is 168 Å². The number of fused-ring (bicyclic) bond motifs is 1. The second kappa shape index (κ2) is 8.48. The number of nitrogens with zero attached hydrogens (tertiary/aromatic N) is 1. The van der Waals surface area contributed by atoms with Crippen LogP contribution in [0.5, 0.6) is 0 Å². The minimum atomic E-state index is -4.62. The molecule has 5 nitrogen and oxygen atoms in total. The molecule has 2 N–H and O–H groups in total. The van der Waals surface area contributed by atoms with Crippen LogP contribution in [-0.4, -0.2) is 22.9 Å². The molecule has 0 fully saturated rings. The number of amides is 1. The molecule has 0 saturated heterocycles. The Bertz CT molecular complexity index is 1090. The van der Waals surface area contributed by atoms with Crippen molar-refractivity contribution in [2.75, 3.05) is 0 Å². The standard InChI is InChI=1S/C20H15ClF3N3O2/c21-15-8-12(7-14(9-15)20(22,23)24)18(28)5-6-19(29)27-26-11-13-10-25-17-4-2-1-3-16(13)17/h1-4,7-11,25H,5-6H2,(H,27,29)/b26-11+. The highest BCUT2D eigenvalue weighted by atomic mass is 35.5. The van der Waals surface area contributed by atoms with Crippen LogP contribution in [-0.2, 0) is 11.0 Å². The summed E-state index contributed by atoms with van der Waals surface area (Å²) in [6, 6.07) is 10.2. The summed E-state index contributed by atoms with van der Waals surface area (Å²) in [7, 11) is 0. The fraction of sp³-hybridized carbons (Fsp3) is 0.150. The number of rotatable bonds is 6. The number of nitrogens with one attached hydrogen (secondary N) is 2. The molecule has 0 aliphatic heterocycles. The Hall–Kier alpha value is -3.13. The molecule has 0 unspecified atom stereocenters. The van der Waals surface area contributed by atoms with Crippen LogP contribution in [0, 0.1) is 0 Å². The largest absolute Gasteiger partial charge is 0.416 e. The SMILES string of the molecule is O=C(CCC(=O)c1cc(Cl)cc(C(F)(F)F)c1)N/N=C/c1c[nH]c2ccccc12. The van der Waals surface area contributed by atoms with Crippen LogP contribution in [0.25, 0.3) is 10.9 Å². The summed E-state index contributed by atoms with van der Waals surface area (Å²) < 4.78 is 38.5. The van der Waals surface area contributed by atoms with Gasteiger partial charge in [-0.1, -0.05) is 29.8 Å². The molecule has 0 atom stereocenters. The average molecular weight is 422 g/mol. The second-order valence-corrected chi connectivity index (χ2v) is 6.67. The predicted molar refractivity (Wildman–Crippen MR) is 104 cm³/mol. The van der Waals surface area contributed by atoms with Crippen molar-refractivity contribution >= 4 is 40.4 Å². The maximum atomic E-state index is 12.8. The number of carbonyl (C=O) groups is 2. The molecule has 0 bridgehead atoms. The smallest absolute Gasteiger partial charge is 0.361 e. The van der Waals surface area contributed by atoms with E-state index in [1.807, 2.05) is 24.3 Å². The Morgan fingerprint density at radius 3 is 2.66 bits per heavy atom. The highest BCUT2D eigenvalue weighted by Crippen LogP contribution is 2.32. The monoisotopic (exact) mass is 421 g/mol. The number of Topliss-reactive ketones (excluding diaryl/α,β-unsaturated/α-hetero) is 1. The van der Waals surface area contributed by atoms with Gasteiger partial charge in [-0.15, -0.1) is 0 Å². The number of ketones is 1. The van der Waals surface area contributed by atoms with Crippen molar-refractivity contribution in [2.45, 2.75) is 19.0 Å². The summed E-state index contributed by atoms with van der Waals surface area (Å²) in [6.07, 6.45) is -1.91. The van der Waals surface area contributed by atoms with Gasteiger partial charge in [0, 0.05) is 46.1 Å². The molecule has 3 rings (SSSR count). The molecule has 0 aliphatic rings. The molecule has 2 aromatic carbocycles. The van der Waals surface area contributed by atoms with Crippen molar-refractivity contribution in [3.05, 3.63) is 70.4 Å². The summed E-state index contributed by atoms with van der Waals surface area (Å²) in [6.45, 7) is 0. The number of hydrogen-bond acceptors (Lipinski definition) is 3. The van der Waals surface area contributed by atoms with Crippen LogP contribution in [0.2, 0.25) is 5.02 Å². The van der Waals surface area contributed by atoms with Crippen molar-refractivity contribution in [2.24, 2.45) is 5.10 Å². The lowest BCUT2D eigenvalue weighted by molar-refractivity contribution is -0.137. The Morgan fingerprint density at radius 2 is 1.90 bits per heavy atom. The zero-order valence-electron chi connectivity index (χ0n) is 14.9. The van der Waals surface area contributed by atoms with E-state index >= 15 is 0 Å². The minimum Gasteiger partial charge on any atom is -0.361 e. The lowest BCUT2D eigenvalue weighted by Crippen LogP contribution is -2.18. The zero-order chi connectivity index (χ0) is 21.0. The van der Waals surface area contributed by atoms with E-state index in [0.29, 0.717) is 0 Å². The van der Waals surface area contributed by atoms with Crippen LogP contribution in [0.3, 0.4) is 0 Å². The van der Waals surface area contributed by atoms with E-state index in [4.69, 9.17) is 11.6 Å². The Kier molecular flexibility index (Phi) is 6.03. The number of aromatic nitrogens is 1. The summed E-state index contributed by atoms with van der Waals surface area (Å²) in [5.74, 6) is -1.15. The first kappa shape index (κ1) is 20.6. The Balaban J connectivity index is 1.57. The number of H-pyrrole nitrogens is 1. The number of para-hydroxylation sites is 1. The summed E-state index contributed by atoms with van der Waals surface area (Å²) in [4.78, 5) is 27.1. The summed E-state index contributed by atoms with van der Waals surface area (Å²) in [5, 5.41) is 4.58. The number of hydrogen-bond donors (Lipinski definition) is 2. The molecule has 0 spiro atoms. The third-order valence-electron chi connectivity index (χ3n) is 4.14. The van der Waals surface area contributed by atoms with Gasteiger partial charge in [0.2, 0.25) is 5.91 Å². The molecule has 3 aromatic rings. The molecule has 0 saturated carbocycles. The van der Waals surface area contributed by atoms with Crippen LogP contribution in [0.1, 0.15) is 34.3 Å². The third kappa shape index (κ3) is 5.23. The van der Waals surface area contributed by atoms with E-state index in [0.717, 1.165) is 34.7 Å². The topological polar surface area (TPSA) is 74.3 Å². The van der Waals surface area contributed by atoms with Gasteiger partial charge < -0.3 is 4.98 Å². The van der Waals surface area contributed by atoms with Crippen molar-refractivity contribution in [3.63, 3.8) is 0 Å². The fourth-order valence-electron chi connectivity index (χ4n) is 2.72. The van der Waals surface area contributed by atoms with Crippen LogP contribution >= 0.6 is 11.6 Å². The number of carbonyl (C=O) groups excluding carboxylic acids is 2. The van der Waals surface area contributed by atoms with Gasteiger partial charge in [0.1, 0.15) is 0 Å². The number of alkyl halides is 3.